The van der Waals surface area contributed by atoms with Gasteiger partial charge in [0, 0.05) is 13.0 Å². The van der Waals surface area contributed by atoms with Crippen LogP contribution in [0, 0.1) is 5.92 Å². The van der Waals surface area contributed by atoms with E-state index < -0.39 is 0 Å². The van der Waals surface area contributed by atoms with Crippen LogP contribution in [0.5, 0.6) is 0 Å². The number of ether oxygens (including phenoxy) is 1. The fourth-order valence-corrected chi connectivity index (χ4v) is 2.07. The third kappa shape index (κ3) is 4.09. The van der Waals surface area contributed by atoms with Crippen molar-refractivity contribution < 1.29 is 9.15 Å². The number of aryl methyl sites for hydroxylation is 1. The number of piperidine rings is 1. The number of aromatic nitrogens is 2. The van der Waals surface area contributed by atoms with Crippen molar-refractivity contribution in [1.82, 2.24) is 15.5 Å². The van der Waals surface area contributed by atoms with Crippen molar-refractivity contribution in [3.63, 3.8) is 0 Å². The van der Waals surface area contributed by atoms with Gasteiger partial charge in [0.25, 0.3) is 0 Å². The highest BCUT2D eigenvalue weighted by Crippen LogP contribution is 2.14. The van der Waals surface area contributed by atoms with Gasteiger partial charge < -0.3 is 14.5 Å². The second kappa shape index (κ2) is 6.71. The Morgan fingerprint density at radius 1 is 1.41 bits per heavy atom. The van der Waals surface area contributed by atoms with Crippen LogP contribution in [0.15, 0.2) is 4.42 Å². The van der Waals surface area contributed by atoms with Crippen molar-refractivity contribution in [2.75, 3.05) is 19.7 Å². The average Bonchev–Trinajstić information content (AvgIpc) is 2.84. The first-order valence-electron chi connectivity index (χ1n) is 6.48. The molecule has 0 radical (unpaired) electrons. The summed E-state index contributed by atoms with van der Waals surface area (Å²) in [6.07, 6.45) is 4.49. The van der Waals surface area contributed by atoms with Crippen molar-refractivity contribution in [2.45, 2.75) is 39.2 Å². The molecule has 5 nitrogen and oxygen atoms in total. The molecule has 1 fully saturated rings. The van der Waals surface area contributed by atoms with E-state index in [1.165, 1.54) is 19.4 Å². The van der Waals surface area contributed by atoms with Gasteiger partial charge in [-0.25, -0.2) is 0 Å². The molecular weight excluding hydrogens is 218 g/mol. The molecule has 1 aliphatic rings. The molecule has 0 saturated carbocycles. The van der Waals surface area contributed by atoms with E-state index in [1.54, 1.807) is 0 Å². The van der Waals surface area contributed by atoms with Crippen LogP contribution in [0.3, 0.4) is 0 Å². The highest BCUT2D eigenvalue weighted by Gasteiger charge is 2.12. The molecule has 96 valence electrons. The third-order valence-electron chi connectivity index (χ3n) is 3.11. The van der Waals surface area contributed by atoms with E-state index >= 15 is 0 Å². The van der Waals surface area contributed by atoms with Crippen molar-refractivity contribution in [2.24, 2.45) is 5.92 Å². The zero-order chi connectivity index (χ0) is 11.9. The predicted molar refractivity (Wildman–Crippen MR) is 63.5 cm³/mol. The molecular formula is C12H21N3O2. The number of rotatable bonds is 6. The molecule has 0 bridgehead atoms. The highest BCUT2D eigenvalue weighted by atomic mass is 16.5. The van der Waals surface area contributed by atoms with Crippen LogP contribution in [-0.4, -0.2) is 29.9 Å². The second-order valence-corrected chi connectivity index (χ2v) is 4.50. The molecule has 0 aromatic carbocycles. The van der Waals surface area contributed by atoms with Crippen LogP contribution >= 0.6 is 0 Å². The summed E-state index contributed by atoms with van der Waals surface area (Å²) in [4.78, 5) is 0. The quantitative estimate of drug-likeness (QED) is 0.763. The van der Waals surface area contributed by atoms with E-state index in [0.29, 0.717) is 18.4 Å². The van der Waals surface area contributed by atoms with Crippen LogP contribution in [0.2, 0.25) is 0 Å². The minimum Gasteiger partial charge on any atom is -0.423 e. The Bertz CT molecular complexity index is 321. The zero-order valence-corrected chi connectivity index (χ0v) is 10.4. The number of hydrogen-bond acceptors (Lipinski definition) is 5. The van der Waals surface area contributed by atoms with Gasteiger partial charge in [-0.1, -0.05) is 6.92 Å². The Kier molecular flexibility index (Phi) is 4.94. The summed E-state index contributed by atoms with van der Waals surface area (Å²) < 4.78 is 10.9. The van der Waals surface area contributed by atoms with Crippen molar-refractivity contribution >= 4 is 0 Å². The summed E-state index contributed by atoms with van der Waals surface area (Å²) in [5.74, 6) is 2.03. The van der Waals surface area contributed by atoms with Gasteiger partial charge in [0.15, 0.2) is 0 Å². The van der Waals surface area contributed by atoms with Gasteiger partial charge in [-0.3, -0.25) is 0 Å². The van der Waals surface area contributed by atoms with Crippen molar-refractivity contribution in [3.8, 4) is 0 Å². The van der Waals surface area contributed by atoms with Crippen LogP contribution in [-0.2, 0) is 17.8 Å². The molecule has 1 unspecified atom stereocenters. The summed E-state index contributed by atoms with van der Waals surface area (Å²) in [6, 6.07) is 0. The van der Waals surface area contributed by atoms with Gasteiger partial charge in [0.05, 0.1) is 0 Å². The van der Waals surface area contributed by atoms with Crippen LogP contribution < -0.4 is 5.32 Å². The first-order valence-corrected chi connectivity index (χ1v) is 6.48. The topological polar surface area (TPSA) is 60.2 Å². The Labute approximate surface area is 102 Å². The van der Waals surface area contributed by atoms with Gasteiger partial charge in [0.2, 0.25) is 11.8 Å². The fourth-order valence-electron chi connectivity index (χ4n) is 2.07. The molecule has 2 rings (SSSR count). The zero-order valence-electron chi connectivity index (χ0n) is 10.4. The summed E-state index contributed by atoms with van der Waals surface area (Å²) in [5, 5.41) is 11.2. The van der Waals surface area contributed by atoms with Gasteiger partial charge in [0.1, 0.15) is 6.61 Å². The monoisotopic (exact) mass is 239 g/mol. The maximum atomic E-state index is 5.56. The Hall–Kier alpha value is -0.940. The standard InChI is InChI=1S/C12H21N3O2/c1-2-11-14-15-12(17-11)9-16-7-5-10-4-3-6-13-8-10/h10,13H,2-9H2,1H3. The van der Waals surface area contributed by atoms with E-state index in [0.717, 1.165) is 31.9 Å². The summed E-state index contributed by atoms with van der Waals surface area (Å²) >= 11 is 0. The maximum absolute atomic E-state index is 5.56. The van der Waals surface area contributed by atoms with Gasteiger partial charge in [-0.05, 0) is 38.3 Å². The second-order valence-electron chi connectivity index (χ2n) is 4.50. The minimum absolute atomic E-state index is 0.438. The molecule has 1 atom stereocenters. The average molecular weight is 239 g/mol. The van der Waals surface area contributed by atoms with Gasteiger partial charge in [-0.2, -0.15) is 0 Å². The smallest absolute Gasteiger partial charge is 0.242 e. The molecule has 1 aromatic heterocycles. The molecule has 17 heavy (non-hydrogen) atoms. The summed E-state index contributed by atoms with van der Waals surface area (Å²) in [5.41, 5.74) is 0. The highest BCUT2D eigenvalue weighted by molar-refractivity contribution is 4.78. The van der Waals surface area contributed by atoms with Crippen LogP contribution in [0.25, 0.3) is 0 Å². The van der Waals surface area contributed by atoms with Crippen molar-refractivity contribution in [3.05, 3.63) is 11.8 Å². The molecule has 5 heteroatoms. The lowest BCUT2D eigenvalue weighted by Gasteiger charge is -2.22. The lowest BCUT2D eigenvalue weighted by Crippen LogP contribution is -2.30. The predicted octanol–water partition coefficient (Wildman–Crippen LogP) is 1.54. The van der Waals surface area contributed by atoms with E-state index in [-0.39, 0.29) is 0 Å². The number of nitrogens with one attached hydrogen (secondary N) is 1. The van der Waals surface area contributed by atoms with Crippen LogP contribution in [0.4, 0.5) is 0 Å². The summed E-state index contributed by atoms with van der Waals surface area (Å²) in [7, 11) is 0. The van der Waals surface area contributed by atoms with E-state index in [2.05, 4.69) is 15.5 Å². The van der Waals surface area contributed by atoms with E-state index in [9.17, 15) is 0 Å². The van der Waals surface area contributed by atoms with Gasteiger partial charge in [-0.15, -0.1) is 10.2 Å². The normalized spacial score (nSPS) is 20.6. The first-order chi connectivity index (χ1) is 8.38. The number of hydrogen-bond donors (Lipinski definition) is 1. The van der Waals surface area contributed by atoms with Crippen molar-refractivity contribution in [1.29, 1.82) is 0 Å². The SMILES string of the molecule is CCc1nnc(COCCC2CCCNC2)o1. The lowest BCUT2D eigenvalue weighted by atomic mass is 9.97. The Balaban J connectivity index is 1.59. The molecule has 0 amide bonds. The van der Waals surface area contributed by atoms with Crippen LogP contribution in [0.1, 0.15) is 38.0 Å². The molecule has 1 aromatic rings. The maximum Gasteiger partial charge on any atom is 0.242 e. The molecule has 1 N–H and O–H groups in total. The molecule has 0 aliphatic carbocycles. The molecule has 1 saturated heterocycles. The Morgan fingerprint density at radius 2 is 2.29 bits per heavy atom. The van der Waals surface area contributed by atoms with E-state index in [1.807, 2.05) is 6.92 Å². The Morgan fingerprint density at radius 3 is 3.00 bits per heavy atom. The summed E-state index contributed by atoms with van der Waals surface area (Å²) in [6.45, 7) is 5.50. The first kappa shape index (κ1) is 12.5. The van der Waals surface area contributed by atoms with Gasteiger partial charge >= 0.3 is 0 Å². The number of nitrogens with zero attached hydrogens (tertiary/aromatic N) is 2. The molecule has 0 spiro atoms. The molecule has 2 heterocycles. The largest absolute Gasteiger partial charge is 0.423 e. The van der Waals surface area contributed by atoms with E-state index in [4.69, 9.17) is 9.15 Å². The minimum atomic E-state index is 0.438. The molecule has 1 aliphatic heterocycles. The third-order valence-corrected chi connectivity index (χ3v) is 3.11. The lowest BCUT2D eigenvalue weighted by molar-refractivity contribution is 0.0870. The fraction of sp³-hybridized carbons (Fsp3) is 0.833.